The highest BCUT2D eigenvalue weighted by Crippen LogP contribution is 2.45. The summed E-state index contributed by atoms with van der Waals surface area (Å²) in [5.41, 5.74) is 23.9. The van der Waals surface area contributed by atoms with Crippen molar-refractivity contribution in [2.75, 3.05) is 0 Å². The van der Waals surface area contributed by atoms with Gasteiger partial charge in [-0.1, -0.05) is 182 Å². The number of pyridine rings is 1. The fourth-order valence-corrected chi connectivity index (χ4v) is 11.5. The zero-order valence-corrected chi connectivity index (χ0v) is 41.7. The van der Waals surface area contributed by atoms with Crippen LogP contribution in [0.1, 0.15) is 27.8 Å². The minimum absolute atomic E-state index is 0.557. The van der Waals surface area contributed by atoms with Crippen LogP contribution in [0, 0.1) is 39.0 Å². The number of rotatable bonds is 8. The molecule has 0 spiro atoms. The molecule has 4 nitrogen and oxygen atoms in total. The van der Waals surface area contributed by atoms with E-state index < -0.39 is 0 Å². The van der Waals surface area contributed by atoms with E-state index in [-0.39, 0.29) is 0 Å². The fraction of sp³-hybridized carbons (Fsp3) is 0.0571. The van der Waals surface area contributed by atoms with Crippen molar-refractivity contribution in [3.63, 3.8) is 0 Å². The number of benzene rings is 10. The molecule has 10 aromatic carbocycles. The number of aromatic nitrogens is 3. The highest BCUT2D eigenvalue weighted by atomic mass is 15.0. The normalized spacial score (nSPS) is 11.5. The highest BCUT2D eigenvalue weighted by molar-refractivity contribution is 6.13. The maximum Gasteiger partial charge on any atom is 0.104 e. The van der Waals surface area contributed by atoms with Gasteiger partial charge in [0.05, 0.1) is 39.1 Å². The molecule has 3 heterocycles. The maximum absolute atomic E-state index is 12.2. The average Bonchev–Trinajstić information content (AvgIpc) is 3.95. The number of nitrogens with zero attached hydrogens (tertiary/aromatic N) is 4. The summed E-state index contributed by atoms with van der Waals surface area (Å²) in [4.78, 5) is 5.09. The van der Waals surface area contributed by atoms with E-state index in [1.807, 2.05) is 18.3 Å². The molecule has 0 bridgehead atoms. The smallest absolute Gasteiger partial charge is 0.104 e. The van der Waals surface area contributed by atoms with Gasteiger partial charge in [-0.2, -0.15) is 5.26 Å². The average molecular weight is 947 g/mol. The van der Waals surface area contributed by atoms with E-state index in [2.05, 4.69) is 255 Å². The number of hydrogen-bond donors (Lipinski definition) is 0. The first kappa shape index (κ1) is 44.4. The Morgan fingerprint density at radius 1 is 0.324 bits per heavy atom. The van der Waals surface area contributed by atoms with Crippen molar-refractivity contribution in [3.8, 4) is 84.3 Å². The van der Waals surface area contributed by atoms with Gasteiger partial charge in [0.25, 0.3) is 0 Å². The molecule has 350 valence electrons. The first-order valence-electron chi connectivity index (χ1n) is 25.3. The summed E-state index contributed by atoms with van der Waals surface area (Å²) >= 11 is 0. The van der Waals surface area contributed by atoms with Crippen LogP contribution in [-0.2, 0) is 0 Å². The van der Waals surface area contributed by atoms with Gasteiger partial charge in [-0.15, -0.1) is 0 Å². The van der Waals surface area contributed by atoms with Crippen molar-refractivity contribution < 1.29 is 0 Å². The van der Waals surface area contributed by atoms with E-state index >= 15 is 0 Å². The van der Waals surface area contributed by atoms with Gasteiger partial charge in [0.1, 0.15) is 11.6 Å². The summed E-state index contributed by atoms with van der Waals surface area (Å²) in [5.74, 6) is 0. The lowest BCUT2D eigenvalue weighted by Gasteiger charge is -2.20. The molecular formula is C70H50N4. The van der Waals surface area contributed by atoms with Gasteiger partial charge in [0.2, 0.25) is 0 Å². The molecule has 13 aromatic rings. The monoisotopic (exact) mass is 946 g/mol. The van der Waals surface area contributed by atoms with Crippen LogP contribution >= 0.6 is 0 Å². The lowest BCUT2D eigenvalue weighted by Crippen LogP contribution is -2.06. The molecule has 0 N–H and O–H groups in total. The molecule has 0 radical (unpaired) electrons. The van der Waals surface area contributed by atoms with Crippen LogP contribution in [-0.4, -0.2) is 14.1 Å². The van der Waals surface area contributed by atoms with Crippen LogP contribution in [0.25, 0.3) is 122 Å². The van der Waals surface area contributed by atoms with Gasteiger partial charge in [-0.05, 0) is 142 Å². The van der Waals surface area contributed by atoms with Crippen LogP contribution in [0.5, 0.6) is 0 Å². The minimum atomic E-state index is 0.557. The Morgan fingerprint density at radius 2 is 0.662 bits per heavy atom. The molecule has 0 fully saturated rings. The summed E-state index contributed by atoms with van der Waals surface area (Å²) in [7, 11) is 0. The predicted octanol–water partition coefficient (Wildman–Crippen LogP) is 18.4. The third-order valence-electron chi connectivity index (χ3n) is 15.2. The van der Waals surface area contributed by atoms with E-state index in [4.69, 9.17) is 4.98 Å². The Balaban J connectivity index is 1.20. The van der Waals surface area contributed by atoms with Gasteiger partial charge in [0.15, 0.2) is 0 Å². The summed E-state index contributed by atoms with van der Waals surface area (Å²) < 4.78 is 4.73. The number of hydrogen-bond acceptors (Lipinski definition) is 2. The molecule has 0 aliphatic rings. The van der Waals surface area contributed by atoms with E-state index in [1.165, 1.54) is 44.5 Å². The van der Waals surface area contributed by atoms with Crippen LogP contribution in [0.15, 0.2) is 231 Å². The lowest BCUT2D eigenvalue weighted by molar-refractivity contribution is 1.12. The van der Waals surface area contributed by atoms with Crippen LogP contribution in [0.4, 0.5) is 0 Å². The predicted molar refractivity (Wildman–Crippen MR) is 309 cm³/mol. The third-order valence-corrected chi connectivity index (χ3v) is 15.2. The van der Waals surface area contributed by atoms with Crippen molar-refractivity contribution in [1.82, 2.24) is 14.1 Å². The molecule has 0 aliphatic carbocycles. The minimum Gasteiger partial charge on any atom is -0.308 e. The molecule has 0 amide bonds. The second kappa shape index (κ2) is 17.9. The molecule has 0 aliphatic heterocycles. The molecule has 4 heteroatoms. The Kier molecular flexibility index (Phi) is 10.8. The van der Waals surface area contributed by atoms with Crippen molar-refractivity contribution in [2.45, 2.75) is 27.7 Å². The quantitative estimate of drug-likeness (QED) is 0.152. The SMILES string of the molecule is Cc1ccccc1-c1ccc2c3ccc(-c4ccccc4C)cc3n(-c3cc(-c4cccnc4-c4ccccc4)cc(-n4c5cc(-c6ccccc6C)ccc5c5ccc(-c6ccccc6C)cc54)c3C#N)c2c1. The Morgan fingerprint density at radius 3 is 1.01 bits per heavy atom. The largest absolute Gasteiger partial charge is 0.308 e. The van der Waals surface area contributed by atoms with Gasteiger partial charge in [-0.3, -0.25) is 4.98 Å². The number of aryl methyl sites for hydroxylation is 4. The second-order valence-electron chi connectivity index (χ2n) is 19.6. The van der Waals surface area contributed by atoms with E-state index in [9.17, 15) is 5.26 Å². The molecule has 0 saturated carbocycles. The molecule has 0 atom stereocenters. The first-order valence-corrected chi connectivity index (χ1v) is 25.3. The van der Waals surface area contributed by atoms with Gasteiger partial charge in [0, 0.05) is 38.9 Å². The molecule has 74 heavy (non-hydrogen) atoms. The summed E-state index contributed by atoms with van der Waals surface area (Å²) in [6, 6.07) is 83.6. The Labute approximate surface area is 431 Å². The van der Waals surface area contributed by atoms with Crippen LogP contribution in [0.2, 0.25) is 0 Å². The second-order valence-corrected chi connectivity index (χ2v) is 19.6. The first-order chi connectivity index (χ1) is 36.3. The molecule has 0 unspecified atom stereocenters. The number of nitriles is 1. The van der Waals surface area contributed by atoms with Crippen LogP contribution < -0.4 is 0 Å². The Hall–Kier alpha value is -9.56. The van der Waals surface area contributed by atoms with Crippen molar-refractivity contribution in [1.29, 1.82) is 5.26 Å². The van der Waals surface area contributed by atoms with Crippen molar-refractivity contribution >= 4 is 43.6 Å². The van der Waals surface area contributed by atoms with Crippen LogP contribution in [0.3, 0.4) is 0 Å². The lowest BCUT2D eigenvalue weighted by atomic mass is 9.96. The summed E-state index contributed by atoms with van der Waals surface area (Å²) in [6.07, 6.45) is 1.87. The standard InChI is InChI=1S/C70H50N4/c1-44-17-8-12-23-54(44)49-28-32-59-60-33-29-50(55-24-13-9-18-45(55)2)38-65(60)73(64(59)37-49)68-41-53(58-27-16-36-72-70(58)48-21-6-5-7-22-48)42-69(63(68)43-71)74-66-39-51(56-25-14-10-19-46(56)3)30-34-61(66)62-35-31-52(40-67(62)74)57-26-15-11-20-47(57)4/h5-42H,1-4H3. The molecule has 0 saturated heterocycles. The number of fused-ring (bicyclic) bond motifs is 6. The van der Waals surface area contributed by atoms with E-state index in [0.29, 0.717) is 5.56 Å². The summed E-state index contributed by atoms with van der Waals surface area (Å²) in [6.45, 7) is 8.69. The summed E-state index contributed by atoms with van der Waals surface area (Å²) in [5, 5.41) is 16.6. The third kappa shape index (κ3) is 7.32. The topological polar surface area (TPSA) is 46.5 Å². The van der Waals surface area contributed by atoms with E-state index in [0.717, 1.165) is 99.6 Å². The fourth-order valence-electron chi connectivity index (χ4n) is 11.5. The zero-order chi connectivity index (χ0) is 50.0. The zero-order valence-electron chi connectivity index (χ0n) is 41.7. The van der Waals surface area contributed by atoms with Crippen molar-refractivity contribution in [3.05, 3.63) is 258 Å². The van der Waals surface area contributed by atoms with Gasteiger partial charge in [-0.25, -0.2) is 0 Å². The molecule has 13 rings (SSSR count). The molecular weight excluding hydrogens is 897 g/mol. The Bertz CT molecular complexity index is 3990. The van der Waals surface area contributed by atoms with E-state index in [1.54, 1.807) is 0 Å². The van der Waals surface area contributed by atoms with Gasteiger partial charge >= 0.3 is 0 Å². The maximum atomic E-state index is 12.2. The van der Waals surface area contributed by atoms with Crippen molar-refractivity contribution in [2.24, 2.45) is 0 Å². The highest BCUT2D eigenvalue weighted by Gasteiger charge is 2.25. The molecule has 3 aromatic heterocycles. The van der Waals surface area contributed by atoms with Gasteiger partial charge < -0.3 is 9.13 Å².